The van der Waals surface area contributed by atoms with Gasteiger partial charge in [-0.3, -0.25) is 0 Å². The molecule has 1 unspecified atom stereocenters. The number of aliphatic hydroxyl groups is 1. The van der Waals surface area contributed by atoms with Crippen molar-refractivity contribution >= 4 is 26.2 Å². The lowest BCUT2D eigenvalue weighted by atomic mass is 10.0. The molecule has 0 amide bonds. The summed E-state index contributed by atoms with van der Waals surface area (Å²) < 4.78 is 11.6. The zero-order chi connectivity index (χ0) is 27.2. The van der Waals surface area contributed by atoms with Crippen LogP contribution in [0.2, 0.25) is 18.1 Å². The average molecular weight is 535 g/mol. The van der Waals surface area contributed by atoms with Crippen molar-refractivity contribution in [2.45, 2.75) is 75.8 Å². The lowest BCUT2D eigenvalue weighted by molar-refractivity contribution is 0.193. The molecule has 0 saturated carbocycles. The van der Waals surface area contributed by atoms with E-state index >= 15 is 0 Å². The van der Waals surface area contributed by atoms with Gasteiger partial charge in [0.05, 0.1) is 12.4 Å². The predicted octanol–water partition coefficient (Wildman–Crippen LogP) is 7.57. The molecule has 0 radical (unpaired) electrons. The second-order valence-corrected chi connectivity index (χ2v) is 16.3. The van der Waals surface area contributed by atoms with E-state index in [0.29, 0.717) is 17.9 Å². The number of benzene rings is 2. The minimum Gasteiger partial charge on any atom is -0.413 e. The van der Waals surface area contributed by atoms with Crippen molar-refractivity contribution in [2.24, 2.45) is 0 Å². The van der Waals surface area contributed by atoms with Crippen molar-refractivity contribution in [3.05, 3.63) is 71.3 Å². The van der Waals surface area contributed by atoms with Crippen LogP contribution in [0, 0.1) is 23.7 Å². The van der Waals surface area contributed by atoms with E-state index in [1.165, 1.54) is 0 Å². The standard InChI is InChI=1S/C32H42O3SSi/c1-32(2,3)37(5,6)35-26-29-19-14-13-17-27(29)25-28(18-10-7-8-15-23-34-4)31(33)22-16-24-36-30-20-11-9-12-21-30/h9,11-14,17,19-21,25,31,33H,7-8,15,23-24,26H2,1-6H3/b28-25+. The summed E-state index contributed by atoms with van der Waals surface area (Å²) in [4.78, 5) is 1.16. The summed E-state index contributed by atoms with van der Waals surface area (Å²) in [6, 6.07) is 18.3. The number of methoxy groups -OCH3 is 1. The third kappa shape index (κ3) is 11.3. The van der Waals surface area contributed by atoms with Gasteiger partial charge in [0.25, 0.3) is 0 Å². The van der Waals surface area contributed by atoms with Gasteiger partial charge in [-0.25, -0.2) is 0 Å². The molecular formula is C32H42O3SSi. The third-order valence-corrected chi connectivity index (χ3v) is 11.9. The van der Waals surface area contributed by atoms with Gasteiger partial charge in [-0.1, -0.05) is 86.9 Å². The van der Waals surface area contributed by atoms with Crippen molar-refractivity contribution in [2.75, 3.05) is 19.5 Å². The van der Waals surface area contributed by atoms with Gasteiger partial charge in [-0.15, -0.1) is 11.8 Å². The van der Waals surface area contributed by atoms with Crippen LogP contribution >= 0.6 is 11.8 Å². The highest BCUT2D eigenvalue weighted by atomic mass is 32.2. The molecule has 0 spiro atoms. The van der Waals surface area contributed by atoms with Crippen LogP contribution in [0.5, 0.6) is 0 Å². The number of hydrogen-bond donors (Lipinski definition) is 1. The Kier molecular flexibility index (Phi) is 13.3. The molecule has 198 valence electrons. The molecule has 0 heterocycles. The minimum atomic E-state index is -1.89. The molecule has 0 saturated heterocycles. The lowest BCUT2D eigenvalue weighted by Crippen LogP contribution is -2.40. The number of thioether (sulfide) groups is 1. The summed E-state index contributed by atoms with van der Waals surface area (Å²) in [6.45, 7) is 12.5. The molecule has 1 atom stereocenters. The zero-order valence-electron chi connectivity index (χ0n) is 23.3. The van der Waals surface area contributed by atoms with E-state index in [1.54, 1.807) is 18.9 Å². The predicted molar refractivity (Wildman–Crippen MR) is 161 cm³/mol. The Morgan fingerprint density at radius 3 is 2.43 bits per heavy atom. The zero-order valence-corrected chi connectivity index (χ0v) is 25.1. The molecule has 0 aromatic heterocycles. The van der Waals surface area contributed by atoms with Gasteiger partial charge in [0.2, 0.25) is 0 Å². The molecule has 2 aromatic carbocycles. The first-order valence-electron chi connectivity index (χ1n) is 12.9. The van der Waals surface area contributed by atoms with E-state index in [4.69, 9.17) is 9.16 Å². The highest BCUT2D eigenvalue weighted by Gasteiger charge is 2.37. The molecule has 0 fully saturated rings. The molecule has 2 aromatic rings. The maximum Gasteiger partial charge on any atom is 0.192 e. The summed E-state index contributed by atoms with van der Waals surface area (Å²) in [5.41, 5.74) is 2.71. The van der Waals surface area contributed by atoms with Crippen molar-refractivity contribution in [3.63, 3.8) is 0 Å². The second kappa shape index (κ2) is 15.9. The van der Waals surface area contributed by atoms with E-state index in [9.17, 15) is 5.11 Å². The van der Waals surface area contributed by atoms with Crippen LogP contribution in [0.4, 0.5) is 0 Å². The van der Waals surface area contributed by atoms with Gasteiger partial charge < -0.3 is 14.3 Å². The summed E-state index contributed by atoms with van der Waals surface area (Å²) in [6.07, 6.45) is 3.70. The first-order chi connectivity index (χ1) is 17.6. The minimum absolute atomic E-state index is 0.140. The Bertz CT molecular complexity index is 1110. The monoisotopic (exact) mass is 534 g/mol. The van der Waals surface area contributed by atoms with Gasteiger partial charge in [-0.2, -0.15) is 0 Å². The van der Waals surface area contributed by atoms with Crippen LogP contribution in [0.1, 0.15) is 51.2 Å². The molecule has 5 heteroatoms. The molecular weight excluding hydrogens is 493 g/mol. The Labute approximate surface area is 230 Å². The fourth-order valence-corrected chi connectivity index (χ4v) is 4.73. The largest absolute Gasteiger partial charge is 0.413 e. The van der Waals surface area contributed by atoms with Crippen LogP contribution in [-0.4, -0.2) is 39.0 Å². The molecule has 37 heavy (non-hydrogen) atoms. The quantitative estimate of drug-likeness (QED) is 0.140. The van der Waals surface area contributed by atoms with E-state index < -0.39 is 14.4 Å². The Hall–Kier alpha value is -2.25. The first-order valence-corrected chi connectivity index (χ1v) is 16.8. The summed E-state index contributed by atoms with van der Waals surface area (Å²) in [5.74, 6) is 13.2. The van der Waals surface area contributed by atoms with E-state index in [1.807, 2.05) is 36.4 Å². The van der Waals surface area contributed by atoms with Gasteiger partial charge in [0, 0.05) is 30.6 Å². The normalized spacial score (nSPS) is 12.8. The fourth-order valence-electron chi connectivity index (χ4n) is 3.11. The summed E-state index contributed by atoms with van der Waals surface area (Å²) in [7, 11) is -0.180. The van der Waals surface area contributed by atoms with E-state index in [-0.39, 0.29) is 5.04 Å². The average Bonchev–Trinajstić information content (AvgIpc) is 2.87. The van der Waals surface area contributed by atoms with Gasteiger partial charge in [0.1, 0.15) is 6.10 Å². The number of ether oxygens (including phenoxy) is 1. The van der Waals surface area contributed by atoms with Crippen molar-refractivity contribution in [1.82, 2.24) is 0 Å². The number of aliphatic hydroxyl groups excluding tert-OH is 1. The molecule has 0 aliphatic heterocycles. The first kappa shape index (κ1) is 31.0. The van der Waals surface area contributed by atoms with Crippen molar-refractivity contribution in [1.29, 1.82) is 0 Å². The van der Waals surface area contributed by atoms with E-state index in [2.05, 4.69) is 81.8 Å². The molecule has 0 aliphatic rings. The van der Waals surface area contributed by atoms with Gasteiger partial charge in [0.15, 0.2) is 8.32 Å². The van der Waals surface area contributed by atoms with Crippen LogP contribution in [-0.2, 0) is 15.8 Å². The highest BCUT2D eigenvalue weighted by molar-refractivity contribution is 7.99. The molecule has 0 bridgehead atoms. The van der Waals surface area contributed by atoms with Crippen LogP contribution in [0.15, 0.2) is 65.1 Å². The lowest BCUT2D eigenvalue weighted by Gasteiger charge is -2.36. The maximum absolute atomic E-state index is 11.0. The van der Waals surface area contributed by atoms with Gasteiger partial charge in [-0.05, 0) is 60.3 Å². The van der Waals surface area contributed by atoms with Crippen molar-refractivity contribution < 1.29 is 14.3 Å². The Morgan fingerprint density at radius 2 is 1.73 bits per heavy atom. The van der Waals surface area contributed by atoms with Crippen LogP contribution in [0.25, 0.3) is 6.08 Å². The number of hydrogen-bond acceptors (Lipinski definition) is 4. The topological polar surface area (TPSA) is 38.7 Å². The molecule has 2 rings (SSSR count). The second-order valence-electron chi connectivity index (χ2n) is 10.4. The number of unbranched alkanes of at least 4 members (excludes halogenated alkanes) is 2. The van der Waals surface area contributed by atoms with Crippen LogP contribution in [0.3, 0.4) is 0 Å². The number of rotatable bonds is 11. The molecule has 1 N–H and O–H groups in total. The maximum atomic E-state index is 11.0. The van der Waals surface area contributed by atoms with Crippen LogP contribution < -0.4 is 0 Å². The fraction of sp³-hybridized carbons (Fsp3) is 0.438. The summed E-state index contributed by atoms with van der Waals surface area (Å²) >= 11 is 1.66. The van der Waals surface area contributed by atoms with E-state index in [0.717, 1.165) is 41.9 Å². The summed E-state index contributed by atoms with van der Waals surface area (Å²) in [5, 5.41) is 11.1. The highest BCUT2D eigenvalue weighted by Crippen LogP contribution is 2.37. The molecule has 3 nitrogen and oxygen atoms in total. The SMILES string of the molecule is COCCCCC#C/C(=C\c1ccccc1CO[Si](C)(C)C(C)(C)C)C(O)C#CCSc1ccccc1. The smallest absolute Gasteiger partial charge is 0.192 e. The molecule has 0 aliphatic carbocycles. The third-order valence-electron chi connectivity index (χ3n) is 6.48. The van der Waals surface area contributed by atoms with Crippen molar-refractivity contribution in [3.8, 4) is 23.7 Å². The Morgan fingerprint density at radius 1 is 1.03 bits per heavy atom. The van der Waals surface area contributed by atoms with Gasteiger partial charge >= 0.3 is 0 Å². The Balaban J connectivity index is 2.23.